The first kappa shape index (κ1) is 14.4. The number of hydrogen-bond acceptors (Lipinski definition) is 3. The van der Waals surface area contributed by atoms with E-state index in [1.807, 2.05) is 42.5 Å². The molecule has 3 rings (SSSR count). The minimum atomic E-state index is -0.0442. The van der Waals surface area contributed by atoms with Gasteiger partial charge in [0.1, 0.15) is 0 Å². The van der Waals surface area contributed by atoms with Crippen molar-refractivity contribution in [3.63, 3.8) is 0 Å². The summed E-state index contributed by atoms with van der Waals surface area (Å²) in [6.07, 6.45) is 5.35. The Balaban J connectivity index is 1.78. The maximum atomic E-state index is 12.3. The lowest BCUT2D eigenvalue weighted by Gasteiger charge is -2.16. The number of ether oxygens (including phenoxy) is 2. The van der Waals surface area contributed by atoms with Crippen molar-refractivity contribution in [3.8, 4) is 11.5 Å². The molecule has 0 radical (unpaired) electrons. The van der Waals surface area contributed by atoms with Gasteiger partial charge in [-0.15, -0.1) is 0 Å². The van der Waals surface area contributed by atoms with Crippen molar-refractivity contribution in [2.24, 2.45) is 0 Å². The van der Waals surface area contributed by atoms with Crippen LogP contribution in [0.3, 0.4) is 0 Å². The van der Waals surface area contributed by atoms with Crippen LogP contribution in [0.4, 0.5) is 0 Å². The lowest BCUT2D eigenvalue weighted by Crippen LogP contribution is -2.09. The number of benzene rings is 2. The van der Waals surface area contributed by atoms with Crippen LogP contribution in [0.2, 0.25) is 0 Å². The van der Waals surface area contributed by atoms with Gasteiger partial charge < -0.3 is 9.47 Å². The van der Waals surface area contributed by atoms with E-state index in [1.54, 1.807) is 18.2 Å². The molecule has 0 atom stereocenters. The van der Waals surface area contributed by atoms with Gasteiger partial charge in [-0.25, -0.2) is 0 Å². The average molecular weight is 294 g/mol. The standard InChI is InChI=1S/C19H18O3/c20-17(10-8-15-6-2-1-3-7-15)16-9-11-18-19(14-16)22-13-5-4-12-21-18/h1-3,6-11,14H,4-5,12-13H2/b10-8+. The zero-order chi connectivity index (χ0) is 15.2. The van der Waals surface area contributed by atoms with Gasteiger partial charge in [0.25, 0.3) is 0 Å². The molecule has 0 fully saturated rings. The zero-order valence-electron chi connectivity index (χ0n) is 12.3. The van der Waals surface area contributed by atoms with Gasteiger partial charge in [0.2, 0.25) is 0 Å². The lowest BCUT2D eigenvalue weighted by atomic mass is 10.1. The summed E-state index contributed by atoms with van der Waals surface area (Å²) in [5.74, 6) is 1.32. The first-order valence-electron chi connectivity index (χ1n) is 7.50. The minimum Gasteiger partial charge on any atom is -0.490 e. The number of allylic oxidation sites excluding steroid dienone is 1. The topological polar surface area (TPSA) is 35.5 Å². The van der Waals surface area contributed by atoms with Crippen LogP contribution in [0.25, 0.3) is 6.08 Å². The molecular formula is C19H18O3. The quantitative estimate of drug-likeness (QED) is 0.630. The predicted molar refractivity (Wildman–Crippen MR) is 86.5 cm³/mol. The molecule has 0 aromatic heterocycles. The van der Waals surface area contributed by atoms with Crippen LogP contribution in [0.5, 0.6) is 11.5 Å². The smallest absolute Gasteiger partial charge is 0.185 e. The van der Waals surface area contributed by atoms with Crippen molar-refractivity contribution in [2.45, 2.75) is 12.8 Å². The predicted octanol–water partition coefficient (Wildman–Crippen LogP) is 4.13. The van der Waals surface area contributed by atoms with E-state index in [0.717, 1.165) is 18.4 Å². The second kappa shape index (κ2) is 6.94. The summed E-state index contributed by atoms with van der Waals surface area (Å²) < 4.78 is 11.3. The zero-order valence-corrected chi connectivity index (χ0v) is 12.3. The van der Waals surface area contributed by atoms with Crippen LogP contribution in [0.1, 0.15) is 28.8 Å². The lowest BCUT2D eigenvalue weighted by molar-refractivity contribution is 0.104. The Morgan fingerprint density at radius 1 is 0.909 bits per heavy atom. The molecule has 0 spiro atoms. The SMILES string of the molecule is O=C(/C=C/c1ccccc1)c1ccc2c(c1)OCCCCO2. The van der Waals surface area contributed by atoms with Crippen molar-refractivity contribution < 1.29 is 14.3 Å². The van der Waals surface area contributed by atoms with E-state index in [9.17, 15) is 4.79 Å². The molecule has 22 heavy (non-hydrogen) atoms. The number of carbonyl (C=O) groups excluding carboxylic acids is 1. The highest BCUT2D eigenvalue weighted by molar-refractivity contribution is 6.07. The van der Waals surface area contributed by atoms with Gasteiger partial charge in [0, 0.05) is 5.56 Å². The van der Waals surface area contributed by atoms with E-state index in [1.165, 1.54) is 0 Å². The summed E-state index contributed by atoms with van der Waals surface area (Å²) in [4.78, 5) is 12.3. The van der Waals surface area contributed by atoms with Gasteiger partial charge in [-0.1, -0.05) is 36.4 Å². The highest BCUT2D eigenvalue weighted by Crippen LogP contribution is 2.30. The molecule has 0 aliphatic carbocycles. The number of ketones is 1. The van der Waals surface area contributed by atoms with Gasteiger partial charge in [-0.05, 0) is 42.7 Å². The number of hydrogen-bond donors (Lipinski definition) is 0. The monoisotopic (exact) mass is 294 g/mol. The Kier molecular flexibility index (Phi) is 4.54. The Hall–Kier alpha value is -2.55. The molecule has 3 nitrogen and oxygen atoms in total. The van der Waals surface area contributed by atoms with Crippen molar-refractivity contribution >= 4 is 11.9 Å². The molecule has 0 N–H and O–H groups in total. The summed E-state index contributed by atoms with van der Waals surface area (Å²) in [6, 6.07) is 15.1. The van der Waals surface area contributed by atoms with Gasteiger partial charge in [-0.2, -0.15) is 0 Å². The van der Waals surface area contributed by atoms with Gasteiger partial charge >= 0.3 is 0 Å². The Morgan fingerprint density at radius 3 is 2.41 bits per heavy atom. The summed E-state index contributed by atoms with van der Waals surface area (Å²) in [6.45, 7) is 1.35. The first-order chi connectivity index (χ1) is 10.8. The molecular weight excluding hydrogens is 276 g/mol. The second-order valence-corrected chi connectivity index (χ2v) is 5.17. The van der Waals surface area contributed by atoms with E-state index in [-0.39, 0.29) is 5.78 Å². The average Bonchev–Trinajstić information content (AvgIpc) is 2.54. The molecule has 2 aromatic rings. The van der Waals surface area contributed by atoms with Crippen LogP contribution < -0.4 is 9.47 Å². The molecule has 1 aliphatic heterocycles. The van der Waals surface area contributed by atoms with Crippen molar-refractivity contribution in [2.75, 3.05) is 13.2 Å². The largest absolute Gasteiger partial charge is 0.490 e. The van der Waals surface area contributed by atoms with Gasteiger partial charge in [-0.3, -0.25) is 4.79 Å². The fraction of sp³-hybridized carbons (Fsp3) is 0.211. The minimum absolute atomic E-state index is 0.0442. The molecule has 112 valence electrons. The fourth-order valence-electron chi connectivity index (χ4n) is 2.29. The van der Waals surface area contributed by atoms with Crippen LogP contribution in [0, 0.1) is 0 Å². The van der Waals surface area contributed by atoms with Gasteiger partial charge in [0.15, 0.2) is 17.3 Å². The number of carbonyl (C=O) groups is 1. The van der Waals surface area contributed by atoms with Crippen LogP contribution in [-0.2, 0) is 0 Å². The Bertz CT molecular complexity index is 674. The summed E-state index contributed by atoms with van der Waals surface area (Å²) in [7, 11) is 0. The van der Waals surface area contributed by atoms with E-state index in [4.69, 9.17) is 9.47 Å². The summed E-state index contributed by atoms with van der Waals surface area (Å²) >= 11 is 0. The first-order valence-corrected chi connectivity index (χ1v) is 7.50. The molecule has 0 amide bonds. The van der Waals surface area contributed by atoms with E-state index in [2.05, 4.69) is 0 Å². The molecule has 2 aromatic carbocycles. The third kappa shape index (κ3) is 3.55. The number of rotatable bonds is 3. The maximum absolute atomic E-state index is 12.3. The van der Waals surface area contributed by atoms with E-state index < -0.39 is 0 Å². The maximum Gasteiger partial charge on any atom is 0.185 e. The third-order valence-corrected chi connectivity index (χ3v) is 3.51. The third-order valence-electron chi connectivity index (χ3n) is 3.51. The highest BCUT2D eigenvalue weighted by Gasteiger charge is 2.12. The normalized spacial score (nSPS) is 14.4. The Labute approximate surface area is 130 Å². The van der Waals surface area contributed by atoms with Crippen molar-refractivity contribution in [1.29, 1.82) is 0 Å². The van der Waals surface area contributed by atoms with E-state index >= 15 is 0 Å². The molecule has 1 heterocycles. The fourth-order valence-corrected chi connectivity index (χ4v) is 2.29. The van der Waals surface area contributed by atoms with Crippen LogP contribution in [-0.4, -0.2) is 19.0 Å². The number of fused-ring (bicyclic) bond motifs is 1. The highest BCUT2D eigenvalue weighted by atomic mass is 16.5. The molecule has 0 bridgehead atoms. The van der Waals surface area contributed by atoms with Crippen LogP contribution in [0.15, 0.2) is 54.6 Å². The molecule has 1 aliphatic rings. The van der Waals surface area contributed by atoms with Crippen molar-refractivity contribution in [1.82, 2.24) is 0 Å². The second-order valence-electron chi connectivity index (χ2n) is 5.17. The Morgan fingerprint density at radius 2 is 1.64 bits per heavy atom. The summed E-state index contributed by atoms with van der Waals surface area (Å²) in [5, 5.41) is 0. The van der Waals surface area contributed by atoms with Crippen LogP contribution >= 0.6 is 0 Å². The molecule has 0 unspecified atom stereocenters. The summed E-state index contributed by atoms with van der Waals surface area (Å²) in [5.41, 5.74) is 1.61. The van der Waals surface area contributed by atoms with Crippen molar-refractivity contribution in [3.05, 3.63) is 65.7 Å². The van der Waals surface area contributed by atoms with Gasteiger partial charge in [0.05, 0.1) is 13.2 Å². The van der Waals surface area contributed by atoms with E-state index in [0.29, 0.717) is 30.3 Å². The molecule has 0 saturated carbocycles. The molecule has 3 heteroatoms. The molecule has 0 saturated heterocycles.